The molecule has 6 N–H and O–H groups in total. The molecule has 0 unspecified atom stereocenters. The van der Waals surface area contributed by atoms with Crippen LogP contribution < -0.4 is 0 Å². The minimum atomic E-state index is -2.79. The second kappa shape index (κ2) is 6.75. The van der Waals surface area contributed by atoms with Crippen molar-refractivity contribution in [3.63, 3.8) is 0 Å². The predicted octanol–water partition coefficient (Wildman–Crippen LogP) is -1.86. The second-order valence-electron chi connectivity index (χ2n) is 5.25. The molecule has 0 amide bonds. The van der Waals surface area contributed by atoms with E-state index in [1.54, 1.807) is 0 Å². The van der Waals surface area contributed by atoms with E-state index in [4.69, 9.17) is 14.9 Å². The van der Waals surface area contributed by atoms with Crippen LogP contribution in [0.15, 0.2) is 30.3 Å². The van der Waals surface area contributed by atoms with Gasteiger partial charge in [0.2, 0.25) is 5.78 Å². The largest absolute Gasteiger partial charge is 0.508 e. The lowest BCUT2D eigenvalue weighted by Crippen LogP contribution is -2.67. The summed E-state index contributed by atoms with van der Waals surface area (Å²) in [5.74, 6) is -3.82. The van der Waals surface area contributed by atoms with Crippen molar-refractivity contribution in [3.8, 4) is 5.75 Å². The molecule has 1 aliphatic heterocycles. The average Bonchev–Trinajstić information content (AvgIpc) is 2.55. The first-order chi connectivity index (χ1) is 10.8. The van der Waals surface area contributed by atoms with E-state index < -0.39 is 42.6 Å². The predicted molar refractivity (Wildman–Crippen MR) is 77.1 cm³/mol. The van der Waals surface area contributed by atoms with Crippen molar-refractivity contribution < 1.29 is 40.2 Å². The Kier molecular flexibility index (Phi) is 5.15. The van der Waals surface area contributed by atoms with E-state index >= 15 is 0 Å². The van der Waals surface area contributed by atoms with Crippen molar-refractivity contribution in [3.05, 3.63) is 35.9 Å². The summed E-state index contributed by atoms with van der Waals surface area (Å²) in [6.45, 7) is -0.762. The molecule has 1 aromatic rings. The topological polar surface area (TPSA) is 148 Å². The highest BCUT2D eigenvalue weighted by Gasteiger charge is 2.56. The van der Waals surface area contributed by atoms with Crippen LogP contribution in [0.4, 0.5) is 0 Å². The van der Waals surface area contributed by atoms with Gasteiger partial charge in [-0.2, -0.15) is 0 Å². The Bertz CT molecular complexity index is 582. The van der Waals surface area contributed by atoms with E-state index in [1.165, 1.54) is 30.3 Å². The van der Waals surface area contributed by atoms with Crippen LogP contribution in [0.5, 0.6) is 5.75 Å². The van der Waals surface area contributed by atoms with E-state index in [0.717, 1.165) is 6.08 Å². The zero-order valence-corrected chi connectivity index (χ0v) is 12.0. The summed E-state index contributed by atoms with van der Waals surface area (Å²) in [5.41, 5.74) is 0.532. The third kappa shape index (κ3) is 3.42. The molecule has 0 aliphatic carbocycles. The number of benzene rings is 1. The van der Waals surface area contributed by atoms with Crippen LogP contribution in [0, 0.1) is 0 Å². The molecule has 0 bridgehead atoms. The minimum Gasteiger partial charge on any atom is -0.508 e. The monoisotopic (exact) mass is 326 g/mol. The number of carbonyl (C=O) groups excluding carboxylic acids is 1. The number of phenolic OH excluding ortho intramolecular Hbond substituents is 1. The smallest absolute Gasteiger partial charge is 0.260 e. The van der Waals surface area contributed by atoms with Gasteiger partial charge in [-0.3, -0.25) is 4.79 Å². The number of aromatic hydroxyl groups is 1. The van der Waals surface area contributed by atoms with Crippen LogP contribution in [0.25, 0.3) is 6.08 Å². The van der Waals surface area contributed by atoms with Crippen molar-refractivity contribution in [1.29, 1.82) is 0 Å². The molecule has 23 heavy (non-hydrogen) atoms. The summed E-state index contributed by atoms with van der Waals surface area (Å²) in [7, 11) is 0. The molecule has 5 atom stereocenters. The molecule has 1 saturated heterocycles. The normalized spacial score (nSPS) is 34.7. The van der Waals surface area contributed by atoms with Gasteiger partial charge in [0, 0.05) is 0 Å². The zero-order valence-electron chi connectivity index (χ0n) is 12.0. The molecule has 1 fully saturated rings. The number of ether oxygens (including phenoxy) is 1. The SMILES string of the molecule is O=C(/C=C/c1ccc(O)cc1)[C@@]1(O)O[C@H](CO)[C@@H](O)[C@H](O)[C@H]1O. The van der Waals surface area contributed by atoms with Gasteiger partial charge in [0.05, 0.1) is 6.61 Å². The van der Waals surface area contributed by atoms with E-state index in [1.807, 2.05) is 0 Å². The first kappa shape index (κ1) is 17.5. The van der Waals surface area contributed by atoms with Gasteiger partial charge in [0.15, 0.2) is 0 Å². The van der Waals surface area contributed by atoms with Gasteiger partial charge in [0.1, 0.15) is 30.2 Å². The third-order valence-corrected chi connectivity index (χ3v) is 3.64. The first-order valence-corrected chi connectivity index (χ1v) is 6.86. The number of aliphatic hydroxyl groups excluding tert-OH is 4. The fraction of sp³-hybridized carbons (Fsp3) is 0.400. The van der Waals surface area contributed by atoms with E-state index in [2.05, 4.69) is 0 Å². The second-order valence-corrected chi connectivity index (χ2v) is 5.25. The molecule has 1 aliphatic rings. The number of rotatable bonds is 4. The van der Waals surface area contributed by atoms with Crippen molar-refractivity contribution in [1.82, 2.24) is 0 Å². The quantitative estimate of drug-likeness (QED) is 0.353. The van der Waals surface area contributed by atoms with Crippen LogP contribution >= 0.6 is 0 Å². The van der Waals surface area contributed by atoms with E-state index in [-0.39, 0.29) is 5.75 Å². The molecule has 1 aromatic carbocycles. The fourth-order valence-corrected chi connectivity index (χ4v) is 2.23. The molecular formula is C15H18O8. The Labute approximate surface area is 131 Å². The molecule has 0 radical (unpaired) electrons. The standard InChI is InChI=1S/C15H18O8/c16-7-10-12(19)13(20)14(21)15(22,23-10)11(18)6-3-8-1-4-9(17)5-2-8/h1-6,10,12-14,16-17,19-22H,7H2/b6-3+/t10-,12-,13+,14-,15-/m1/s1. The zero-order chi connectivity index (χ0) is 17.2. The summed E-state index contributed by atoms with van der Waals surface area (Å²) < 4.78 is 4.89. The maximum absolute atomic E-state index is 12.1. The Hall–Kier alpha value is -1.81. The molecule has 126 valence electrons. The molecule has 0 saturated carbocycles. The summed E-state index contributed by atoms with van der Waals surface area (Å²) in [6.07, 6.45) is -4.79. The van der Waals surface area contributed by atoms with Crippen LogP contribution in [0.2, 0.25) is 0 Å². The summed E-state index contributed by atoms with van der Waals surface area (Å²) in [4.78, 5) is 12.1. The van der Waals surface area contributed by atoms with Gasteiger partial charge >= 0.3 is 0 Å². The highest BCUT2D eigenvalue weighted by molar-refractivity contribution is 5.99. The summed E-state index contributed by atoms with van der Waals surface area (Å²) in [5, 5.41) is 57.6. The number of aliphatic hydroxyl groups is 5. The molecular weight excluding hydrogens is 308 g/mol. The van der Waals surface area contributed by atoms with Gasteiger partial charge in [-0.15, -0.1) is 0 Å². The van der Waals surface area contributed by atoms with Gasteiger partial charge in [-0.25, -0.2) is 0 Å². The van der Waals surface area contributed by atoms with Crippen LogP contribution in [-0.4, -0.2) is 73.2 Å². The first-order valence-electron chi connectivity index (χ1n) is 6.86. The highest BCUT2D eigenvalue weighted by Crippen LogP contribution is 2.29. The number of phenols is 1. The molecule has 0 spiro atoms. The van der Waals surface area contributed by atoms with E-state index in [9.17, 15) is 25.2 Å². The van der Waals surface area contributed by atoms with Crippen molar-refractivity contribution >= 4 is 11.9 Å². The average molecular weight is 326 g/mol. The maximum Gasteiger partial charge on any atom is 0.260 e. The Morgan fingerprint density at radius 1 is 1.17 bits per heavy atom. The highest BCUT2D eigenvalue weighted by atomic mass is 16.7. The number of hydrogen-bond acceptors (Lipinski definition) is 8. The van der Waals surface area contributed by atoms with Gasteiger partial charge in [-0.05, 0) is 23.8 Å². The minimum absolute atomic E-state index is 0.0426. The molecule has 2 rings (SSSR count). The Balaban J connectivity index is 2.20. The van der Waals surface area contributed by atoms with Gasteiger partial charge in [-0.1, -0.05) is 18.2 Å². The summed E-state index contributed by atoms with van der Waals surface area (Å²) >= 11 is 0. The lowest BCUT2D eigenvalue weighted by molar-refractivity contribution is -0.329. The van der Waals surface area contributed by atoms with Gasteiger partial charge < -0.3 is 35.4 Å². The van der Waals surface area contributed by atoms with Gasteiger partial charge in [0.25, 0.3) is 5.79 Å². The van der Waals surface area contributed by atoms with Crippen molar-refractivity contribution in [2.24, 2.45) is 0 Å². The number of carbonyl (C=O) groups is 1. The number of hydrogen-bond donors (Lipinski definition) is 6. The molecule has 8 nitrogen and oxygen atoms in total. The van der Waals surface area contributed by atoms with Crippen molar-refractivity contribution in [2.75, 3.05) is 6.61 Å². The third-order valence-electron chi connectivity index (χ3n) is 3.64. The Morgan fingerprint density at radius 3 is 2.35 bits per heavy atom. The Morgan fingerprint density at radius 2 is 1.78 bits per heavy atom. The molecule has 0 aromatic heterocycles. The van der Waals surface area contributed by atoms with Crippen LogP contribution in [0.1, 0.15) is 5.56 Å². The fourth-order valence-electron chi connectivity index (χ4n) is 2.23. The lowest BCUT2D eigenvalue weighted by atomic mass is 9.90. The van der Waals surface area contributed by atoms with E-state index in [0.29, 0.717) is 5.56 Å². The summed E-state index contributed by atoms with van der Waals surface area (Å²) in [6, 6.07) is 5.81. The lowest BCUT2D eigenvalue weighted by Gasteiger charge is -2.43. The van der Waals surface area contributed by atoms with Crippen LogP contribution in [0.3, 0.4) is 0 Å². The number of ketones is 1. The molecule has 1 heterocycles. The maximum atomic E-state index is 12.1. The molecule has 8 heteroatoms. The van der Waals surface area contributed by atoms with Crippen molar-refractivity contribution in [2.45, 2.75) is 30.2 Å². The van der Waals surface area contributed by atoms with Crippen LogP contribution in [-0.2, 0) is 9.53 Å².